The second kappa shape index (κ2) is 49.2. The van der Waals surface area contributed by atoms with Crippen molar-refractivity contribution in [3.05, 3.63) is 202 Å². The predicted octanol–water partition coefficient (Wildman–Crippen LogP) is 2.98. The topological polar surface area (TPSA) is 500 Å². The second-order valence-electron chi connectivity index (χ2n) is 33.2. The smallest absolute Gasteiger partial charge is 0.305 e. The maximum absolute atomic E-state index is 15.5. The number of nitrogens with one attached hydrogen (secondary N) is 10. The summed E-state index contributed by atoms with van der Waals surface area (Å²) in [7, 11) is 6.50. The molecule has 2 heterocycles. The van der Waals surface area contributed by atoms with Crippen molar-refractivity contribution in [1.82, 2.24) is 77.3 Å². The largest absolute Gasteiger partial charge is 0.508 e. The lowest BCUT2D eigenvalue weighted by Gasteiger charge is -2.37. The highest BCUT2D eigenvalue weighted by Gasteiger charge is 2.42. The van der Waals surface area contributed by atoms with Crippen LogP contribution in [0.3, 0.4) is 0 Å². The van der Waals surface area contributed by atoms with E-state index in [9.17, 15) is 53.7 Å². The first-order chi connectivity index (χ1) is 61.8. The summed E-state index contributed by atoms with van der Waals surface area (Å²) in [5.41, 5.74) is 9.01. The fraction of sp³-hybridized carbons (Fsp3) is 0.419. The van der Waals surface area contributed by atoms with Gasteiger partial charge in [-0.05, 0) is 101 Å². The SMILES string of the molecule is CCCC[C@H]1C(=O)N(C)CC(=O)N[C@@H](CC(=O)O)C(=O)N[C@@H](C(C)C)C(=O)N(C)[C@@H](Cc2ccccc2)C(=O)N[C@@H](Cc2ccc(O)cc2)C(=O)N(C)CC(=O)N[C@@H](Cc2c[nH]c3ccccc23)C(=O)N[C@@H](Cc2ccc(O)cc2)C(=O)N[C@@H](CC(C)C)C(=O)N[C@H](C(=O)NCC(N)=O)CSCC(=O)N[C@@H](Cc2ccc(Cl)cc2)C(=O)N(C)[C@@H](Cc2ccccc2)C(=O)N1C. The number of phenolic OH excluding ortho intramolecular Hbond substituents is 2. The Balaban J connectivity index is 1.22. The monoisotopic (exact) mass is 1830 g/mol. The summed E-state index contributed by atoms with van der Waals surface area (Å²) in [5, 5.41) is 55.9. The van der Waals surface area contributed by atoms with Crippen LogP contribution in [0.4, 0.5) is 0 Å². The minimum Gasteiger partial charge on any atom is -0.508 e. The Morgan fingerprint density at radius 3 is 1.48 bits per heavy atom. The number of nitrogens with zero attached hydrogens (tertiary/aromatic N) is 5. The second-order valence-corrected chi connectivity index (χ2v) is 34.7. The third-order valence-corrected chi connectivity index (χ3v) is 23.4. The van der Waals surface area contributed by atoms with Gasteiger partial charge in [-0.25, -0.2) is 0 Å². The molecule has 15 N–H and O–H groups in total. The van der Waals surface area contributed by atoms with Gasteiger partial charge in [0.2, 0.25) is 88.6 Å². The van der Waals surface area contributed by atoms with Crippen molar-refractivity contribution in [3.8, 4) is 11.5 Å². The normalized spacial score (nSPS) is 21.8. The number of aliphatic carboxylic acids is 1. The quantitative estimate of drug-likeness (QED) is 0.0438. The number of thioether (sulfide) groups is 1. The van der Waals surface area contributed by atoms with Gasteiger partial charge in [0.15, 0.2) is 0 Å². The van der Waals surface area contributed by atoms with Crippen molar-refractivity contribution in [1.29, 1.82) is 0 Å². The number of aromatic hydroxyl groups is 2. The number of unbranched alkanes of at least 4 members (excludes halogenated alkanes) is 1. The summed E-state index contributed by atoms with van der Waals surface area (Å²) in [6.07, 6.45) is -0.0470. The number of hydrogen-bond acceptors (Lipinski definition) is 19. The van der Waals surface area contributed by atoms with Gasteiger partial charge in [0.25, 0.3) is 0 Å². The van der Waals surface area contributed by atoms with Gasteiger partial charge in [0.1, 0.15) is 78.0 Å². The van der Waals surface area contributed by atoms with Gasteiger partial charge < -0.3 is 98.4 Å². The number of amides is 15. The molecule has 1 aliphatic heterocycles. The summed E-state index contributed by atoms with van der Waals surface area (Å²) in [6, 6.07) is 24.8. The molecule has 0 saturated carbocycles. The molecule has 1 saturated heterocycles. The van der Waals surface area contributed by atoms with E-state index in [1.54, 1.807) is 143 Å². The number of H-pyrrole nitrogens is 1. The van der Waals surface area contributed by atoms with Crippen LogP contribution in [0.2, 0.25) is 5.02 Å². The maximum Gasteiger partial charge on any atom is 0.305 e. The van der Waals surface area contributed by atoms with Crippen molar-refractivity contribution >= 4 is 129 Å². The zero-order valence-electron chi connectivity index (χ0n) is 74.4. The molecule has 0 unspecified atom stereocenters. The molecule has 0 spiro atoms. The number of carbonyl (C=O) groups excluding carboxylic acids is 15. The lowest BCUT2D eigenvalue weighted by Crippen LogP contribution is -2.61. The fourth-order valence-electron chi connectivity index (χ4n) is 15.0. The lowest BCUT2D eigenvalue weighted by molar-refractivity contribution is -0.151. The third kappa shape index (κ3) is 30.7. The third-order valence-electron chi connectivity index (χ3n) is 22.1. The molecule has 1 fully saturated rings. The van der Waals surface area contributed by atoms with Gasteiger partial charge in [-0.15, -0.1) is 11.8 Å². The van der Waals surface area contributed by atoms with Crippen LogP contribution in [0.1, 0.15) is 100 Å². The van der Waals surface area contributed by atoms with Crippen LogP contribution in [0.15, 0.2) is 164 Å². The average Bonchev–Trinajstić information content (AvgIpc) is 1.33. The van der Waals surface area contributed by atoms with E-state index in [0.29, 0.717) is 62.1 Å². The molecule has 0 aliphatic carbocycles. The van der Waals surface area contributed by atoms with E-state index in [1.807, 2.05) is 6.92 Å². The Labute approximate surface area is 763 Å². The van der Waals surface area contributed by atoms with Crippen LogP contribution in [-0.2, 0) is 115 Å². The number of nitrogens with two attached hydrogens (primary N) is 1. The molecular weight excluding hydrogens is 1710 g/mol. The van der Waals surface area contributed by atoms with Crippen LogP contribution in [0.25, 0.3) is 10.9 Å². The van der Waals surface area contributed by atoms with Crippen molar-refractivity contribution in [2.24, 2.45) is 17.6 Å². The van der Waals surface area contributed by atoms with Crippen molar-refractivity contribution < 1.29 is 92.0 Å². The molecule has 35 nitrogen and oxygen atoms in total. The molecule has 0 radical (unpaired) electrons. The van der Waals surface area contributed by atoms with E-state index < -0.39 is 205 Å². The Hall–Kier alpha value is -13.4. The van der Waals surface area contributed by atoms with E-state index in [2.05, 4.69) is 52.8 Å². The molecule has 1 aromatic heterocycles. The van der Waals surface area contributed by atoms with Gasteiger partial charge in [-0.1, -0.05) is 174 Å². The summed E-state index contributed by atoms with van der Waals surface area (Å²) in [4.78, 5) is 244. The van der Waals surface area contributed by atoms with Gasteiger partial charge in [-0.2, -0.15) is 0 Å². The first-order valence-electron chi connectivity index (χ1n) is 42.8. The molecule has 6 aromatic carbocycles. The van der Waals surface area contributed by atoms with E-state index >= 15 is 38.4 Å². The van der Waals surface area contributed by atoms with Gasteiger partial charge >= 0.3 is 5.97 Å². The number of likely N-dealkylation sites (N-methyl/N-ethyl adjacent to an activating group) is 5. The van der Waals surface area contributed by atoms with Crippen LogP contribution in [-0.4, -0.2) is 272 Å². The van der Waals surface area contributed by atoms with E-state index in [4.69, 9.17) is 17.3 Å². The number of aromatic nitrogens is 1. The number of hydrogen-bond donors (Lipinski definition) is 14. The minimum absolute atomic E-state index is 0.0186. The van der Waals surface area contributed by atoms with Crippen molar-refractivity contribution in [2.75, 3.05) is 66.4 Å². The molecule has 37 heteroatoms. The molecule has 1 aliphatic rings. The van der Waals surface area contributed by atoms with Gasteiger partial charge in [0.05, 0.1) is 31.8 Å². The molecule has 8 rings (SSSR count). The summed E-state index contributed by atoms with van der Waals surface area (Å²) >= 11 is 7.14. The summed E-state index contributed by atoms with van der Waals surface area (Å²) in [5.74, 6) is -17.6. The van der Waals surface area contributed by atoms with Crippen molar-refractivity contribution in [2.45, 2.75) is 172 Å². The molecular formula is C93H117ClN16O19S. The van der Waals surface area contributed by atoms with Crippen LogP contribution < -0.4 is 53.6 Å². The maximum atomic E-state index is 15.5. The molecule has 11 atom stereocenters. The highest BCUT2D eigenvalue weighted by atomic mass is 35.5. The standard InChI is InChI=1S/C93H117ClN16O19S/c1-11-12-27-74-91(127)107(7)51-79(115)99-70(47-81(117)118)87(123)105-82(55(4)5)93(129)109(9)75(44-56-21-15-13-16-22-56)88(124)103-71(42-60-32-38-64(112)39-33-60)89(125)106(6)50-78(114)98-69(46-61-48-96-66-26-20-19-25-65(61)66)86(122)102-68(41-59-30-36-63(111)37-31-59)85(121)101-67(40-54(2)3)84(120)104-73(83(119)97-49-77(95)113)52-130-53-80(116)100-72(43-58-28-34-62(94)35-29-58)90(126)110(10)76(92(128)108(74)8)45-57-23-17-14-18-24-57/h13-26,28-39,48,54-55,67-76,82,96,111-112H,11-12,27,40-47,49-53H2,1-10H3,(H2,95,113)(H,97,119)(H,98,114)(H,99,115)(H,100,116)(H,101,121)(H,102,122)(H,103,124)(H,104,120)(H,105,123)(H,117,118)/t67-,68-,69-,70-,71-,72-,73-,74-,75-,76-,82-/m0/s1. The number of aromatic amines is 1. The average molecular weight is 1830 g/mol. The van der Waals surface area contributed by atoms with Crippen molar-refractivity contribution in [3.63, 3.8) is 0 Å². The Kier molecular flexibility index (Phi) is 38.6. The molecule has 15 amide bonds. The van der Waals surface area contributed by atoms with E-state index in [0.717, 1.165) is 36.3 Å². The van der Waals surface area contributed by atoms with E-state index in [-0.39, 0.29) is 68.8 Å². The highest BCUT2D eigenvalue weighted by Crippen LogP contribution is 2.25. The number of para-hydroxylation sites is 1. The number of carboxylic acids is 1. The van der Waals surface area contributed by atoms with Crippen LogP contribution in [0.5, 0.6) is 11.5 Å². The van der Waals surface area contributed by atoms with E-state index in [1.165, 1.54) is 83.8 Å². The number of primary amides is 1. The number of phenols is 2. The molecule has 696 valence electrons. The molecule has 7 aromatic rings. The first-order valence-corrected chi connectivity index (χ1v) is 44.3. The van der Waals surface area contributed by atoms with Gasteiger partial charge in [0, 0.05) is 102 Å². The number of rotatable bonds is 23. The van der Waals surface area contributed by atoms with Crippen LogP contribution in [0, 0.1) is 11.8 Å². The molecule has 0 bridgehead atoms. The van der Waals surface area contributed by atoms with Gasteiger partial charge in [-0.3, -0.25) is 76.7 Å². The Morgan fingerprint density at radius 2 is 0.931 bits per heavy atom. The number of halogens is 1. The number of carboxylic acid groups (broad SMARTS) is 1. The zero-order chi connectivity index (χ0) is 95.2. The fourth-order valence-corrected chi connectivity index (χ4v) is 15.9. The summed E-state index contributed by atoms with van der Waals surface area (Å²) < 4.78 is 0. The lowest BCUT2D eigenvalue weighted by atomic mass is 9.98. The van der Waals surface area contributed by atoms with Crippen LogP contribution >= 0.6 is 23.4 Å². The Morgan fingerprint density at radius 1 is 0.477 bits per heavy atom. The first kappa shape index (κ1) is 102. The zero-order valence-corrected chi connectivity index (χ0v) is 76.0. The number of carbonyl (C=O) groups is 16. The Bertz CT molecular complexity index is 5130. The number of benzene rings is 6. The minimum atomic E-state index is -1.91. The predicted molar refractivity (Wildman–Crippen MR) is 487 cm³/mol. The molecule has 130 heavy (non-hydrogen) atoms. The summed E-state index contributed by atoms with van der Waals surface area (Å²) in [6.45, 7) is 6.13. The number of fused-ring (bicyclic) bond motifs is 1. The highest BCUT2D eigenvalue weighted by molar-refractivity contribution is 8.00.